The van der Waals surface area contributed by atoms with E-state index >= 15 is 0 Å². The fourth-order valence-corrected chi connectivity index (χ4v) is 5.98. The molecule has 1 fully saturated rings. The Morgan fingerprint density at radius 1 is 0.984 bits per heavy atom. The van der Waals surface area contributed by atoms with Crippen LogP contribution in [0.4, 0.5) is 0 Å². The van der Waals surface area contributed by atoms with E-state index in [1.165, 1.54) is 26.3 Å². The minimum atomic E-state index is -2.26. The zero-order valence-corrected chi connectivity index (χ0v) is 35.8. The van der Waals surface area contributed by atoms with Crippen molar-refractivity contribution >= 4 is 29.7 Å². The lowest BCUT2D eigenvalue weighted by Gasteiger charge is -2.38. The van der Waals surface area contributed by atoms with Gasteiger partial charge in [-0.25, -0.2) is 14.6 Å². The van der Waals surface area contributed by atoms with Crippen LogP contribution in [-0.2, 0) is 49.3 Å². The highest BCUT2D eigenvalue weighted by Gasteiger charge is 2.55. The molecule has 1 aliphatic heterocycles. The largest absolute Gasteiger partial charge is 0.467 e. The Morgan fingerprint density at radius 3 is 2.26 bits per heavy atom. The summed E-state index contributed by atoms with van der Waals surface area (Å²) in [5, 5.41) is 13.8. The minimum Gasteiger partial charge on any atom is -0.467 e. The normalized spacial score (nSPS) is 17.8. The van der Waals surface area contributed by atoms with Gasteiger partial charge in [-0.15, -0.1) is 0 Å². The second-order valence-corrected chi connectivity index (χ2v) is 14.3. The van der Waals surface area contributed by atoms with Crippen molar-refractivity contribution < 1.29 is 57.3 Å². The number of hydroxylamine groups is 2. The fourth-order valence-electron chi connectivity index (χ4n) is 5.98. The van der Waals surface area contributed by atoms with Gasteiger partial charge in [-0.3, -0.25) is 19.6 Å². The van der Waals surface area contributed by atoms with E-state index in [9.17, 15) is 29.2 Å². The van der Waals surface area contributed by atoms with Crippen LogP contribution >= 0.6 is 0 Å². The number of rotatable bonds is 21. The van der Waals surface area contributed by atoms with Gasteiger partial charge in [-0.2, -0.15) is 5.06 Å². The van der Waals surface area contributed by atoms with E-state index in [1.807, 2.05) is 18.2 Å². The number of aromatic nitrogens is 1. The van der Waals surface area contributed by atoms with E-state index in [-0.39, 0.29) is 24.3 Å². The Bertz CT molecular complexity index is 2000. The maximum absolute atomic E-state index is 13.5. The summed E-state index contributed by atoms with van der Waals surface area (Å²) < 4.78 is 32.1. The van der Waals surface area contributed by atoms with Gasteiger partial charge in [0, 0.05) is 40.1 Å². The number of oxazole rings is 1. The maximum Gasteiger partial charge on any atom is 0.338 e. The standard InChI is InChI=1S/C45H56N4O12/c1-32(23-17-13-14-20-26-36-29-47-34(3)60-36)39(61-40(51)35-24-18-16-19-25-35)44(4,5)42(53)46-28-22-15-11-9-10-12-21-27-37(50)49(55)45(30-58-31-59-45)43(54)48(6)38(33(2)56-7)41(52)57-8/h9-25,27,29,33,38-39,55H,26,28,30-31H2,1-8H3,(H,46,53)/b11-9+,12-10+,17-13-,20-14+,22-15-,27-21+,32-23-. The summed E-state index contributed by atoms with van der Waals surface area (Å²) in [6.45, 7) is 7.86. The summed E-state index contributed by atoms with van der Waals surface area (Å²) in [6.07, 6.45) is 22.1. The zero-order chi connectivity index (χ0) is 45.0. The third-order valence-corrected chi connectivity index (χ3v) is 9.47. The molecule has 2 heterocycles. The third-order valence-electron chi connectivity index (χ3n) is 9.47. The van der Waals surface area contributed by atoms with Gasteiger partial charge in [0.15, 0.2) is 18.7 Å². The smallest absolute Gasteiger partial charge is 0.338 e. The molecule has 3 rings (SSSR count). The molecule has 0 spiro atoms. The average Bonchev–Trinajstić information content (AvgIpc) is 3.93. The van der Waals surface area contributed by atoms with Gasteiger partial charge in [0.25, 0.3) is 17.5 Å². The highest BCUT2D eigenvalue weighted by Crippen LogP contribution is 2.31. The number of nitrogens with zero attached hydrogens (tertiary/aromatic N) is 3. The van der Waals surface area contributed by atoms with Gasteiger partial charge in [-0.1, -0.05) is 91.1 Å². The van der Waals surface area contributed by atoms with Crippen LogP contribution in [0.15, 0.2) is 126 Å². The summed E-state index contributed by atoms with van der Waals surface area (Å²) in [4.78, 5) is 70.6. The van der Waals surface area contributed by atoms with Gasteiger partial charge in [0.05, 0.1) is 30.4 Å². The topological polar surface area (TPSA) is 196 Å². The molecule has 2 N–H and O–H groups in total. The molecule has 1 saturated heterocycles. The summed E-state index contributed by atoms with van der Waals surface area (Å²) in [6, 6.07) is 7.35. The number of hydrogen-bond acceptors (Lipinski definition) is 13. The second-order valence-electron chi connectivity index (χ2n) is 14.3. The number of nitrogens with one attached hydrogen (secondary N) is 1. The molecule has 4 unspecified atom stereocenters. The van der Waals surface area contributed by atoms with E-state index in [0.29, 0.717) is 23.4 Å². The molecular weight excluding hydrogens is 789 g/mol. The number of methoxy groups -OCH3 is 2. The zero-order valence-electron chi connectivity index (χ0n) is 35.8. The molecule has 1 aliphatic rings. The second kappa shape index (κ2) is 24.2. The third kappa shape index (κ3) is 13.9. The van der Waals surface area contributed by atoms with Crippen LogP contribution in [0.5, 0.6) is 0 Å². The molecule has 1 aromatic heterocycles. The number of esters is 2. The summed E-state index contributed by atoms with van der Waals surface area (Å²) >= 11 is 0. The number of benzene rings is 1. The van der Waals surface area contributed by atoms with Crippen LogP contribution in [0, 0.1) is 12.3 Å². The Kier molecular flexibility index (Phi) is 19.5. The lowest BCUT2D eigenvalue weighted by molar-refractivity contribution is -0.246. The molecule has 0 saturated carbocycles. The van der Waals surface area contributed by atoms with Gasteiger partial charge in [-0.05, 0) is 45.4 Å². The molecular formula is C45H56N4O12. The molecule has 16 nitrogen and oxygen atoms in total. The van der Waals surface area contributed by atoms with E-state index in [0.717, 1.165) is 23.8 Å². The van der Waals surface area contributed by atoms with E-state index in [2.05, 4.69) is 10.3 Å². The first-order chi connectivity index (χ1) is 29.1. The summed E-state index contributed by atoms with van der Waals surface area (Å²) in [7, 11) is 3.81. The number of likely N-dealkylation sites (N-methyl/N-ethyl adjacent to an activating group) is 1. The maximum atomic E-state index is 13.5. The van der Waals surface area contributed by atoms with Crippen molar-refractivity contribution in [3.63, 3.8) is 0 Å². The predicted molar refractivity (Wildman–Crippen MR) is 224 cm³/mol. The van der Waals surface area contributed by atoms with Crippen molar-refractivity contribution in [3.8, 4) is 0 Å². The van der Waals surface area contributed by atoms with Crippen molar-refractivity contribution in [1.82, 2.24) is 20.3 Å². The van der Waals surface area contributed by atoms with Crippen LogP contribution in [0.3, 0.4) is 0 Å². The first-order valence-electron chi connectivity index (χ1n) is 19.4. The van der Waals surface area contributed by atoms with Gasteiger partial charge < -0.3 is 38.3 Å². The van der Waals surface area contributed by atoms with Crippen LogP contribution in [-0.4, -0.2) is 115 Å². The van der Waals surface area contributed by atoms with Gasteiger partial charge in [0.1, 0.15) is 18.5 Å². The molecule has 4 atom stereocenters. The van der Waals surface area contributed by atoms with Crippen LogP contribution in [0.25, 0.3) is 0 Å². The minimum absolute atomic E-state index is 0.121. The molecule has 328 valence electrons. The SMILES string of the molecule is COC(=O)C(C(C)OC)N(C)C(=O)C1(N(O)C(=O)/C=C/C=C/C=C/C=C\CNC(=O)C(C)(C)C(OC(=O)c2ccccc2)\C(C)=C/C=C\C=C\Cc2cnc(C)o2)COCO1. The number of hydrogen-bond donors (Lipinski definition) is 2. The molecule has 0 radical (unpaired) electrons. The molecule has 1 aromatic carbocycles. The predicted octanol–water partition coefficient (Wildman–Crippen LogP) is 5.13. The monoisotopic (exact) mass is 844 g/mol. The lowest BCUT2D eigenvalue weighted by Crippen LogP contribution is -2.64. The number of allylic oxidation sites excluding steroid dienone is 11. The number of aryl methyl sites for hydroxylation is 1. The van der Waals surface area contributed by atoms with Crippen molar-refractivity contribution in [2.45, 2.75) is 65.0 Å². The average molecular weight is 845 g/mol. The quantitative estimate of drug-likeness (QED) is 0.0553. The fraction of sp³-hybridized carbons (Fsp3) is 0.378. The summed E-state index contributed by atoms with van der Waals surface area (Å²) in [5.74, 6) is -2.23. The van der Waals surface area contributed by atoms with Crippen molar-refractivity contribution in [2.24, 2.45) is 5.41 Å². The Balaban J connectivity index is 1.59. The van der Waals surface area contributed by atoms with E-state index < -0.39 is 59.7 Å². The first-order valence-corrected chi connectivity index (χ1v) is 19.4. The molecule has 3 amide bonds. The van der Waals surface area contributed by atoms with Crippen molar-refractivity contribution in [3.05, 3.63) is 138 Å². The van der Waals surface area contributed by atoms with Crippen molar-refractivity contribution in [1.29, 1.82) is 0 Å². The van der Waals surface area contributed by atoms with Crippen LogP contribution < -0.4 is 5.32 Å². The van der Waals surface area contributed by atoms with Gasteiger partial charge >= 0.3 is 11.9 Å². The highest BCUT2D eigenvalue weighted by molar-refractivity contribution is 5.96. The Hall–Kier alpha value is -6.20. The number of ether oxygens (including phenoxy) is 5. The van der Waals surface area contributed by atoms with E-state index in [1.54, 1.807) is 114 Å². The number of amides is 3. The molecule has 61 heavy (non-hydrogen) atoms. The van der Waals surface area contributed by atoms with Crippen LogP contribution in [0.1, 0.15) is 49.7 Å². The number of carbonyl (C=O) groups is 5. The first kappa shape index (κ1) is 49.2. The molecule has 16 heteroatoms. The summed E-state index contributed by atoms with van der Waals surface area (Å²) in [5.41, 5.74) is -2.39. The highest BCUT2D eigenvalue weighted by atomic mass is 16.8. The molecule has 0 bridgehead atoms. The Labute approximate surface area is 356 Å². The lowest BCUT2D eigenvalue weighted by atomic mass is 9.81. The molecule has 0 aliphatic carbocycles. The Morgan fingerprint density at radius 2 is 1.64 bits per heavy atom. The van der Waals surface area contributed by atoms with Crippen LogP contribution in [0.2, 0.25) is 0 Å². The molecule has 2 aromatic rings. The number of carbonyl (C=O) groups excluding carboxylic acids is 5. The van der Waals surface area contributed by atoms with Crippen molar-refractivity contribution in [2.75, 3.05) is 41.2 Å². The van der Waals surface area contributed by atoms with Gasteiger partial charge in [0.2, 0.25) is 5.91 Å². The van der Waals surface area contributed by atoms with E-state index in [4.69, 9.17) is 28.1 Å².